The molecule has 1 aliphatic heterocycles. The lowest BCUT2D eigenvalue weighted by atomic mass is 10.1. The molecule has 8 heteroatoms. The number of methoxy groups -OCH3 is 1. The van der Waals surface area contributed by atoms with Crippen molar-refractivity contribution in [2.45, 2.75) is 6.54 Å². The van der Waals surface area contributed by atoms with Crippen molar-refractivity contribution in [3.63, 3.8) is 0 Å². The van der Waals surface area contributed by atoms with Gasteiger partial charge in [0.05, 0.1) is 12.7 Å². The van der Waals surface area contributed by atoms with Crippen molar-refractivity contribution in [3.8, 4) is 17.1 Å². The molecular formula is C22H21ClFN3O3. The van der Waals surface area contributed by atoms with Crippen molar-refractivity contribution in [2.75, 3.05) is 33.3 Å². The highest BCUT2D eigenvalue weighted by Crippen LogP contribution is 2.30. The van der Waals surface area contributed by atoms with Crippen molar-refractivity contribution >= 4 is 17.5 Å². The van der Waals surface area contributed by atoms with Gasteiger partial charge in [-0.2, -0.15) is 0 Å². The van der Waals surface area contributed by atoms with Gasteiger partial charge in [0, 0.05) is 49.4 Å². The van der Waals surface area contributed by atoms with E-state index in [4.69, 9.17) is 20.9 Å². The third kappa shape index (κ3) is 4.17. The number of hydrogen-bond acceptors (Lipinski definition) is 5. The molecule has 0 bridgehead atoms. The summed E-state index contributed by atoms with van der Waals surface area (Å²) in [5, 5.41) is 4.37. The third-order valence-corrected chi connectivity index (χ3v) is 5.56. The van der Waals surface area contributed by atoms with Gasteiger partial charge in [0.25, 0.3) is 5.91 Å². The Kier molecular flexibility index (Phi) is 6.01. The van der Waals surface area contributed by atoms with Gasteiger partial charge in [-0.15, -0.1) is 0 Å². The van der Waals surface area contributed by atoms with Gasteiger partial charge in [0.1, 0.15) is 11.6 Å². The molecule has 0 saturated carbocycles. The minimum Gasteiger partial charge on any atom is -0.496 e. The molecule has 0 atom stereocenters. The molecule has 3 aromatic rings. The molecule has 0 aliphatic carbocycles. The highest BCUT2D eigenvalue weighted by molar-refractivity contribution is 6.31. The Balaban J connectivity index is 1.40. The molecule has 0 radical (unpaired) electrons. The van der Waals surface area contributed by atoms with Gasteiger partial charge in [-0.1, -0.05) is 35.0 Å². The van der Waals surface area contributed by atoms with E-state index >= 15 is 0 Å². The summed E-state index contributed by atoms with van der Waals surface area (Å²) in [4.78, 5) is 16.7. The Morgan fingerprint density at radius 1 is 1.17 bits per heavy atom. The molecule has 1 fully saturated rings. The Labute approximate surface area is 178 Å². The molecule has 1 aliphatic rings. The van der Waals surface area contributed by atoms with Gasteiger partial charge in [0.2, 0.25) is 0 Å². The summed E-state index contributed by atoms with van der Waals surface area (Å²) in [5.74, 6) is 0.618. The van der Waals surface area contributed by atoms with Crippen LogP contribution in [0.3, 0.4) is 0 Å². The lowest BCUT2D eigenvalue weighted by molar-refractivity contribution is 0.0617. The van der Waals surface area contributed by atoms with Crippen molar-refractivity contribution in [1.82, 2.24) is 15.0 Å². The van der Waals surface area contributed by atoms with E-state index in [2.05, 4.69) is 10.1 Å². The topological polar surface area (TPSA) is 58.8 Å². The lowest BCUT2D eigenvalue weighted by Gasteiger charge is -2.34. The maximum absolute atomic E-state index is 14.0. The average Bonchev–Trinajstić information content (AvgIpc) is 3.26. The molecule has 2 heterocycles. The second-order valence-electron chi connectivity index (χ2n) is 7.05. The zero-order valence-electron chi connectivity index (χ0n) is 16.5. The van der Waals surface area contributed by atoms with Gasteiger partial charge < -0.3 is 14.2 Å². The highest BCUT2D eigenvalue weighted by atomic mass is 35.5. The van der Waals surface area contributed by atoms with E-state index in [9.17, 15) is 9.18 Å². The Morgan fingerprint density at radius 2 is 1.93 bits per heavy atom. The Bertz CT molecular complexity index is 1030. The minimum atomic E-state index is -0.313. The number of benzene rings is 2. The molecule has 0 unspecified atom stereocenters. The number of ether oxygens (including phenoxy) is 1. The fourth-order valence-corrected chi connectivity index (χ4v) is 3.75. The standard InChI is InChI=1S/C22H21ClFN3O3/c1-29-20-8-3-2-5-15(20)21-13-19(25-30-21)22(28)27-11-9-26(10-12-27)14-16-17(23)6-4-7-18(16)24/h2-8,13H,9-12,14H2,1H3. The molecule has 156 valence electrons. The van der Waals surface area contributed by atoms with Gasteiger partial charge in [-0.05, 0) is 24.3 Å². The van der Waals surface area contributed by atoms with Crippen LogP contribution in [0.1, 0.15) is 16.1 Å². The van der Waals surface area contributed by atoms with Crippen molar-refractivity contribution in [3.05, 3.63) is 70.6 Å². The van der Waals surface area contributed by atoms with Crippen LogP contribution in [0.5, 0.6) is 5.75 Å². The molecule has 6 nitrogen and oxygen atoms in total. The van der Waals surface area contributed by atoms with E-state index in [1.807, 2.05) is 24.3 Å². The first-order valence-electron chi connectivity index (χ1n) is 9.61. The largest absolute Gasteiger partial charge is 0.496 e. The summed E-state index contributed by atoms with van der Waals surface area (Å²) in [6, 6.07) is 13.7. The molecule has 2 aromatic carbocycles. The van der Waals surface area contributed by atoms with Crippen molar-refractivity contribution in [2.24, 2.45) is 0 Å². The number of carbonyl (C=O) groups excluding carboxylic acids is 1. The number of hydrogen-bond donors (Lipinski definition) is 0. The molecule has 1 saturated heterocycles. The number of rotatable bonds is 5. The van der Waals surface area contributed by atoms with Crippen molar-refractivity contribution in [1.29, 1.82) is 0 Å². The van der Waals surface area contributed by atoms with Gasteiger partial charge in [-0.3, -0.25) is 9.69 Å². The van der Waals surface area contributed by atoms with Crippen LogP contribution in [0.15, 0.2) is 53.1 Å². The number of nitrogens with zero attached hydrogens (tertiary/aromatic N) is 3. The average molecular weight is 430 g/mol. The summed E-state index contributed by atoms with van der Waals surface area (Å²) in [5.41, 5.74) is 1.47. The molecular weight excluding hydrogens is 409 g/mol. The fourth-order valence-electron chi connectivity index (χ4n) is 3.53. The second-order valence-corrected chi connectivity index (χ2v) is 7.45. The third-order valence-electron chi connectivity index (χ3n) is 5.20. The summed E-state index contributed by atoms with van der Waals surface area (Å²) >= 11 is 6.12. The summed E-state index contributed by atoms with van der Waals surface area (Å²) in [7, 11) is 1.58. The first-order valence-corrected chi connectivity index (χ1v) is 9.99. The normalized spacial score (nSPS) is 14.7. The number of piperazine rings is 1. The van der Waals surface area contributed by atoms with E-state index < -0.39 is 0 Å². The molecule has 1 aromatic heterocycles. The minimum absolute atomic E-state index is 0.191. The molecule has 30 heavy (non-hydrogen) atoms. The molecule has 0 N–H and O–H groups in total. The summed E-state index contributed by atoms with van der Waals surface area (Å²) in [6.45, 7) is 2.68. The van der Waals surface area contributed by atoms with Gasteiger partial charge in [0.15, 0.2) is 11.5 Å². The number of halogens is 2. The van der Waals surface area contributed by atoms with Crippen molar-refractivity contribution < 1.29 is 18.4 Å². The van der Waals surface area contributed by atoms with E-state index in [1.54, 1.807) is 30.2 Å². The van der Waals surface area contributed by atoms with Gasteiger partial charge >= 0.3 is 0 Å². The van der Waals surface area contributed by atoms with Crippen LogP contribution >= 0.6 is 11.6 Å². The zero-order valence-corrected chi connectivity index (χ0v) is 17.2. The highest BCUT2D eigenvalue weighted by Gasteiger charge is 2.26. The van der Waals surface area contributed by atoms with Gasteiger partial charge in [-0.25, -0.2) is 4.39 Å². The first kappa shape index (κ1) is 20.4. The maximum Gasteiger partial charge on any atom is 0.276 e. The number of aromatic nitrogens is 1. The van der Waals surface area contributed by atoms with E-state index in [1.165, 1.54) is 6.07 Å². The quantitative estimate of drug-likeness (QED) is 0.611. The maximum atomic E-state index is 14.0. The fraction of sp³-hybridized carbons (Fsp3) is 0.273. The van der Waals surface area contributed by atoms with E-state index in [0.717, 1.165) is 5.56 Å². The van der Waals surface area contributed by atoms with Crippen LogP contribution in [0.2, 0.25) is 5.02 Å². The number of amides is 1. The smallest absolute Gasteiger partial charge is 0.276 e. The monoisotopic (exact) mass is 429 g/mol. The Hall–Kier alpha value is -2.90. The predicted octanol–water partition coefficient (Wildman–Crippen LogP) is 4.10. The SMILES string of the molecule is COc1ccccc1-c1cc(C(=O)N2CCN(Cc3c(F)cccc3Cl)CC2)no1. The van der Waals surface area contributed by atoms with Crippen LogP contribution in [0.25, 0.3) is 11.3 Å². The van der Waals surface area contributed by atoms with Crippen LogP contribution in [0, 0.1) is 5.82 Å². The number of carbonyl (C=O) groups is 1. The van der Waals surface area contributed by atoms with E-state index in [-0.39, 0.29) is 17.4 Å². The molecule has 1 amide bonds. The summed E-state index contributed by atoms with van der Waals surface area (Å²) in [6.07, 6.45) is 0. The predicted molar refractivity (Wildman–Crippen MR) is 111 cm³/mol. The molecule has 4 rings (SSSR count). The summed E-state index contributed by atoms with van der Waals surface area (Å²) < 4.78 is 24.8. The lowest BCUT2D eigenvalue weighted by Crippen LogP contribution is -2.48. The van der Waals surface area contributed by atoms with Crippen LogP contribution in [-0.4, -0.2) is 54.2 Å². The Morgan fingerprint density at radius 3 is 2.67 bits per heavy atom. The van der Waals surface area contributed by atoms with Crippen LogP contribution in [0.4, 0.5) is 4.39 Å². The number of para-hydroxylation sites is 1. The first-order chi connectivity index (χ1) is 14.6. The zero-order chi connectivity index (χ0) is 21.1. The molecule has 0 spiro atoms. The second kappa shape index (κ2) is 8.85. The van der Waals surface area contributed by atoms with Crippen LogP contribution in [-0.2, 0) is 6.54 Å². The van der Waals surface area contributed by atoms with Crippen LogP contribution < -0.4 is 4.74 Å². The van der Waals surface area contributed by atoms with E-state index in [0.29, 0.717) is 54.8 Å².